The highest BCUT2D eigenvalue weighted by Crippen LogP contribution is 2.25. The number of aromatic amines is 1. The van der Waals surface area contributed by atoms with E-state index in [9.17, 15) is 4.79 Å². The van der Waals surface area contributed by atoms with E-state index in [1.54, 1.807) is 0 Å². The first-order valence-electron chi connectivity index (χ1n) is 7.16. The summed E-state index contributed by atoms with van der Waals surface area (Å²) in [5.41, 5.74) is 5.94. The van der Waals surface area contributed by atoms with Gasteiger partial charge in [0, 0.05) is 16.9 Å². The Morgan fingerprint density at radius 2 is 2.25 bits per heavy atom. The Labute approximate surface area is 118 Å². The van der Waals surface area contributed by atoms with Crippen LogP contribution in [0, 0.1) is 6.92 Å². The summed E-state index contributed by atoms with van der Waals surface area (Å²) in [6, 6.07) is 6.09. The molecule has 2 N–H and O–H groups in total. The number of aryl methyl sites for hydroxylation is 3. The Morgan fingerprint density at radius 1 is 1.40 bits per heavy atom. The fourth-order valence-corrected chi connectivity index (χ4v) is 2.88. The molecular weight excluding hydrogens is 250 g/mol. The lowest BCUT2D eigenvalue weighted by Gasteiger charge is -2.12. The highest BCUT2D eigenvalue weighted by Gasteiger charge is 2.23. The number of para-hydroxylation sites is 1. The molecule has 1 aromatic heterocycles. The van der Waals surface area contributed by atoms with Crippen molar-refractivity contribution in [1.82, 2.24) is 10.2 Å². The molecule has 0 fully saturated rings. The van der Waals surface area contributed by atoms with Crippen LogP contribution >= 0.6 is 0 Å². The van der Waals surface area contributed by atoms with Gasteiger partial charge in [-0.05, 0) is 43.7 Å². The first kappa shape index (κ1) is 12.9. The SMILES string of the molecule is CCc1cccc(C)c1NC(=O)c1n[nH]c2c1CCC2. The topological polar surface area (TPSA) is 57.8 Å². The molecule has 1 aliphatic rings. The summed E-state index contributed by atoms with van der Waals surface area (Å²) in [5.74, 6) is -0.103. The second-order valence-electron chi connectivity index (χ2n) is 5.30. The van der Waals surface area contributed by atoms with Gasteiger partial charge >= 0.3 is 0 Å². The van der Waals surface area contributed by atoms with E-state index in [0.29, 0.717) is 5.69 Å². The number of anilines is 1. The van der Waals surface area contributed by atoms with Gasteiger partial charge in [-0.1, -0.05) is 25.1 Å². The van der Waals surface area contributed by atoms with Gasteiger partial charge in [0.15, 0.2) is 5.69 Å². The van der Waals surface area contributed by atoms with E-state index in [-0.39, 0.29) is 5.91 Å². The number of H-pyrrole nitrogens is 1. The van der Waals surface area contributed by atoms with Crippen LogP contribution in [0.1, 0.15) is 46.2 Å². The molecule has 1 amide bonds. The van der Waals surface area contributed by atoms with Crippen LogP contribution in [0.25, 0.3) is 0 Å². The molecule has 0 unspecified atom stereocenters. The Morgan fingerprint density at radius 3 is 3.05 bits per heavy atom. The number of hydrogen-bond donors (Lipinski definition) is 2. The molecule has 0 atom stereocenters. The summed E-state index contributed by atoms with van der Waals surface area (Å²) in [4.78, 5) is 12.5. The first-order valence-corrected chi connectivity index (χ1v) is 7.16. The van der Waals surface area contributed by atoms with Crippen LogP contribution < -0.4 is 5.32 Å². The van der Waals surface area contributed by atoms with Crippen LogP contribution in [0.2, 0.25) is 0 Å². The summed E-state index contributed by atoms with van der Waals surface area (Å²) >= 11 is 0. The van der Waals surface area contributed by atoms with Crippen LogP contribution in [0.3, 0.4) is 0 Å². The van der Waals surface area contributed by atoms with Gasteiger partial charge < -0.3 is 5.32 Å². The lowest BCUT2D eigenvalue weighted by atomic mass is 10.1. The predicted octanol–water partition coefficient (Wildman–Crippen LogP) is 3.02. The maximum atomic E-state index is 12.5. The molecule has 0 bridgehead atoms. The second-order valence-corrected chi connectivity index (χ2v) is 5.30. The standard InChI is InChI=1S/C16H19N3O/c1-3-11-7-4-6-10(2)14(11)17-16(20)15-12-8-5-9-13(12)18-19-15/h4,6-7H,3,5,8-9H2,1-2H3,(H,17,20)(H,18,19). The van der Waals surface area contributed by atoms with Crippen LogP contribution in [-0.2, 0) is 19.3 Å². The second kappa shape index (κ2) is 5.12. The molecule has 1 aromatic carbocycles. The molecule has 1 aliphatic carbocycles. The van der Waals surface area contributed by atoms with Gasteiger partial charge in [-0.15, -0.1) is 0 Å². The fourth-order valence-electron chi connectivity index (χ4n) is 2.88. The van der Waals surface area contributed by atoms with E-state index >= 15 is 0 Å². The zero-order chi connectivity index (χ0) is 14.1. The fraction of sp³-hybridized carbons (Fsp3) is 0.375. The Kier molecular flexibility index (Phi) is 3.30. The zero-order valence-corrected chi connectivity index (χ0v) is 11.9. The number of amides is 1. The third-order valence-electron chi connectivity index (χ3n) is 4.00. The molecule has 4 heteroatoms. The number of benzene rings is 1. The van der Waals surface area contributed by atoms with Crippen molar-refractivity contribution < 1.29 is 4.79 Å². The highest BCUT2D eigenvalue weighted by molar-refractivity contribution is 6.05. The Hall–Kier alpha value is -2.10. The van der Waals surface area contributed by atoms with Crippen molar-refractivity contribution in [3.05, 3.63) is 46.3 Å². The molecule has 3 rings (SSSR count). The minimum Gasteiger partial charge on any atom is -0.320 e. The third-order valence-corrected chi connectivity index (χ3v) is 4.00. The van der Waals surface area contributed by atoms with Gasteiger partial charge in [0.2, 0.25) is 0 Å². The molecule has 0 aliphatic heterocycles. The van der Waals surface area contributed by atoms with E-state index in [1.807, 2.05) is 19.1 Å². The van der Waals surface area contributed by atoms with E-state index in [0.717, 1.165) is 53.8 Å². The number of aromatic nitrogens is 2. The van der Waals surface area contributed by atoms with Crippen molar-refractivity contribution in [2.75, 3.05) is 5.32 Å². The van der Waals surface area contributed by atoms with Crippen molar-refractivity contribution in [1.29, 1.82) is 0 Å². The quantitative estimate of drug-likeness (QED) is 0.899. The lowest BCUT2D eigenvalue weighted by Crippen LogP contribution is -2.16. The van der Waals surface area contributed by atoms with E-state index in [1.165, 1.54) is 0 Å². The van der Waals surface area contributed by atoms with Gasteiger partial charge in [0.25, 0.3) is 5.91 Å². The number of hydrogen-bond acceptors (Lipinski definition) is 2. The van der Waals surface area contributed by atoms with Crippen molar-refractivity contribution in [2.45, 2.75) is 39.5 Å². The smallest absolute Gasteiger partial charge is 0.276 e. The van der Waals surface area contributed by atoms with Crippen molar-refractivity contribution in [3.8, 4) is 0 Å². The summed E-state index contributed by atoms with van der Waals surface area (Å²) in [6.45, 7) is 4.11. The molecule has 0 saturated heterocycles. The van der Waals surface area contributed by atoms with Gasteiger partial charge in [-0.2, -0.15) is 5.10 Å². The zero-order valence-electron chi connectivity index (χ0n) is 11.9. The maximum Gasteiger partial charge on any atom is 0.276 e. The van der Waals surface area contributed by atoms with Crippen LogP contribution in [-0.4, -0.2) is 16.1 Å². The average Bonchev–Trinajstić information content (AvgIpc) is 3.03. The molecule has 0 saturated carbocycles. The molecular formula is C16H19N3O. The van der Waals surface area contributed by atoms with Crippen LogP contribution in [0.4, 0.5) is 5.69 Å². The Balaban J connectivity index is 1.90. The third kappa shape index (κ3) is 2.11. The van der Waals surface area contributed by atoms with Crippen molar-refractivity contribution >= 4 is 11.6 Å². The number of rotatable bonds is 3. The van der Waals surface area contributed by atoms with Crippen LogP contribution in [0.15, 0.2) is 18.2 Å². The predicted molar refractivity (Wildman–Crippen MR) is 79.1 cm³/mol. The van der Waals surface area contributed by atoms with Crippen molar-refractivity contribution in [3.63, 3.8) is 0 Å². The molecule has 0 spiro atoms. The molecule has 104 valence electrons. The summed E-state index contributed by atoms with van der Waals surface area (Å²) in [7, 11) is 0. The van der Waals surface area contributed by atoms with E-state index in [4.69, 9.17) is 0 Å². The number of carbonyl (C=O) groups excluding carboxylic acids is 1. The lowest BCUT2D eigenvalue weighted by molar-refractivity contribution is 0.102. The number of fused-ring (bicyclic) bond motifs is 1. The Bertz CT molecular complexity index is 658. The number of carbonyl (C=O) groups is 1. The van der Waals surface area contributed by atoms with Crippen LogP contribution in [0.5, 0.6) is 0 Å². The maximum absolute atomic E-state index is 12.5. The van der Waals surface area contributed by atoms with Gasteiger partial charge in [-0.25, -0.2) is 0 Å². The highest BCUT2D eigenvalue weighted by atomic mass is 16.1. The molecule has 2 aromatic rings. The summed E-state index contributed by atoms with van der Waals surface area (Å²) < 4.78 is 0. The van der Waals surface area contributed by atoms with Gasteiger partial charge in [0.05, 0.1) is 0 Å². The molecule has 0 radical (unpaired) electrons. The summed E-state index contributed by atoms with van der Waals surface area (Å²) in [5, 5.41) is 10.2. The number of nitrogens with zero attached hydrogens (tertiary/aromatic N) is 1. The molecule has 4 nitrogen and oxygen atoms in total. The average molecular weight is 269 g/mol. The van der Waals surface area contributed by atoms with Crippen molar-refractivity contribution in [2.24, 2.45) is 0 Å². The normalized spacial score (nSPS) is 13.3. The van der Waals surface area contributed by atoms with Gasteiger partial charge in [0.1, 0.15) is 0 Å². The molecule has 1 heterocycles. The molecule has 20 heavy (non-hydrogen) atoms. The van der Waals surface area contributed by atoms with E-state index in [2.05, 4.69) is 28.5 Å². The summed E-state index contributed by atoms with van der Waals surface area (Å²) in [6.07, 6.45) is 3.95. The monoisotopic (exact) mass is 269 g/mol. The van der Waals surface area contributed by atoms with E-state index < -0.39 is 0 Å². The largest absolute Gasteiger partial charge is 0.320 e. The first-order chi connectivity index (χ1) is 9.70. The minimum atomic E-state index is -0.103. The van der Waals surface area contributed by atoms with Gasteiger partial charge in [-0.3, -0.25) is 9.89 Å². The number of nitrogens with one attached hydrogen (secondary N) is 2. The minimum absolute atomic E-state index is 0.103.